The van der Waals surface area contributed by atoms with Crippen molar-refractivity contribution in [2.45, 2.75) is 19.6 Å². The molecule has 1 aromatic heterocycles. The molecule has 22 heavy (non-hydrogen) atoms. The number of nitrogens with one attached hydrogen (secondary N) is 1. The molecule has 0 radical (unpaired) electrons. The molecule has 0 aliphatic rings. The van der Waals surface area contributed by atoms with Gasteiger partial charge in [-0.05, 0) is 12.1 Å². The summed E-state index contributed by atoms with van der Waals surface area (Å²) in [7, 11) is 0. The Balaban J connectivity index is 1.65. The lowest BCUT2D eigenvalue weighted by molar-refractivity contribution is -0.118. The van der Waals surface area contributed by atoms with Gasteiger partial charge < -0.3 is 10.1 Å². The highest BCUT2D eigenvalue weighted by atomic mass is 32.2. The summed E-state index contributed by atoms with van der Waals surface area (Å²) in [6.45, 7) is 4.35. The van der Waals surface area contributed by atoms with Crippen LogP contribution in [0.3, 0.4) is 0 Å². The Bertz CT molecular complexity index is 587. The van der Waals surface area contributed by atoms with Crippen molar-refractivity contribution in [2.24, 2.45) is 5.92 Å². The Morgan fingerprint density at radius 3 is 2.82 bits per heavy atom. The summed E-state index contributed by atoms with van der Waals surface area (Å²) in [5.41, 5.74) is 0. The maximum absolute atomic E-state index is 11.6. The molecular weight excluding hydrogens is 318 g/mol. The Morgan fingerprint density at radius 2 is 2.09 bits per heavy atom. The molecule has 1 amide bonds. The van der Waals surface area contributed by atoms with Crippen molar-refractivity contribution in [1.82, 2.24) is 10.2 Å². The van der Waals surface area contributed by atoms with Gasteiger partial charge in [-0.1, -0.05) is 43.4 Å². The summed E-state index contributed by atoms with van der Waals surface area (Å²) in [6, 6.07) is 9.76. The quantitative estimate of drug-likeness (QED) is 0.748. The molecule has 0 fully saturated rings. The number of anilines is 1. The van der Waals surface area contributed by atoms with Gasteiger partial charge in [-0.15, -0.1) is 10.2 Å². The van der Waals surface area contributed by atoms with E-state index in [4.69, 9.17) is 4.74 Å². The molecule has 7 heteroatoms. The standard InChI is InChI=1S/C15H19N3O2S2/c1-11(2)14(19)16-15-18-17-13(22-15)10-21-9-8-20-12-6-4-3-5-7-12/h3-7,11H,8-10H2,1-2H3,(H,16,18,19). The van der Waals surface area contributed by atoms with Gasteiger partial charge in [-0.3, -0.25) is 4.79 Å². The second-order valence-electron chi connectivity index (χ2n) is 4.86. The topological polar surface area (TPSA) is 64.1 Å². The third-order valence-electron chi connectivity index (χ3n) is 2.69. The van der Waals surface area contributed by atoms with Crippen molar-refractivity contribution in [3.63, 3.8) is 0 Å². The van der Waals surface area contributed by atoms with Crippen LogP contribution in [0.2, 0.25) is 0 Å². The van der Waals surface area contributed by atoms with Crippen LogP contribution >= 0.6 is 23.1 Å². The minimum absolute atomic E-state index is 0.0355. The lowest BCUT2D eigenvalue weighted by atomic mass is 10.2. The number of carbonyl (C=O) groups excluding carboxylic acids is 1. The fourth-order valence-electron chi connectivity index (χ4n) is 1.51. The summed E-state index contributed by atoms with van der Waals surface area (Å²) in [5, 5.41) is 12.3. The molecule has 0 bridgehead atoms. The zero-order chi connectivity index (χ0) is 15.8. The number of hydrogen-bond donors (Lipinski definition) is 1. The average molecular weight is 337 g/mol. The van der Waals surface area contributed by atoms with Crippen molar-refractivity contribution < 1.29 is 9.53 Å². The molecule has 0 saturated heterocycles. The van der Waals surface area contributed by atoms with Crippen LogP contribution in [0.5, 0.6) is 5.75 Å². The summed E-state index contributed by atoms with van der Waals surface area (Å²) in [4.78, 5) is 11.6. The number of thioether (sulfide) groups is 1. The van der Waals surface area contributed by atoms with Crippen molar-refractivity contribution in [3.05, 3.63) is 35.3 Å². The predicted molar refractivity (Wildman–Crippen MR) is 91.5 cm³/mol. The first kappa shape index (κ1) is 16.8. The summed E-state index contributed by atoms with van der Waals surface area (Å²) >= 11 is 3.15. The Labute approximate surface area is 138 Å². The van der Waals surface area contributed by atoms with Crippen molar-refractivity contribution in [2.75, 3.05) is 17.7 Å². The van der Waals surface area contributed by atoms with Crippen LogP contribution in [-0.2, 0) is 10.5 Å². The molecule has 0 atom stereocenters. The minimum Gasteiger partial charge on any atom is -0.493 e. The highest BCUT2D eigenvalue weighted by Gasteiger charge is 2.10. The molecular formula is C15H19N3O2S2. The van der Waals surface area contributed by atoms with Gasteiger partial charge in [-0.2, -0.15) is 11.8 Å². The maximum Gasteiger partial charge on any atom is 0.228 e. The molecule has 0 saturated carbocycles. The van der Waals surface area contributed by atoms with E-state index in [1.807, 2.05) is 44.2 Å². The molecule has 1 aromatic carbocycles. The van der Waals surface area contributed by atoms with E-state index < -0.39 is 0 Å². The Kier molecular flexibility index (Phi) is 6.67. The van der Waals surface area contributed by atoms with Gasteiger partial charge in [0.25, 0.3) is 0 Å². The summed E-state index contributed by atoms with van der Waals surface area (Å²) in [6.07, 6.45) is 0. The van der Waals surface area contributed by atoms with Crippen LogP contribution in [0.15, 0.2) is 30.3 Å². The molecule has 2 rings (SSSR count). The fourth-order valence-corrected chi connectivity index (χ4v) is 3.11. The number of ether oxygens (including phenoxy) is 1. The number of aromatic nitrogens is 2. The predicted octanol–water partition coefficient (Wildman–Crippen LogP) is 3.44. The minimum atomic E-state index is -0.0585. The highest BCUT2D eigenvalue weighted by Crippen LogP contribution is 2.20. The molecule has 0 unspecified atom stereocenters. The number of nitrogens with zero attached hydrogens (tertiary/aromatic N) is 2. The van der Waals surface area contributed by atoms with Gasteiger partial charge in [-0.25, -0.2) is 0 Å². The molecule has 0 spiro atoms. The number of benzene rings is 1. The van der Waals surface area contributed by atoms with Crippen LogP contribution < -0.4 is 10.1 Å². The van der Waals surface area contributed by atoms with Crippen molar-refractivity contribution in [3.8, 4) is 5.75 Å². The monoisotopic (exact) mass is 337 g/mol. The van der Waals surface area contributed by atoms with Crippen LogP contribution in [-0.4, -0.2) is 28.5 Å². The molecule has 0 aliphatic carbocycles. The zero-order valence-corrected chi connectivity index (χ0v) is 14.2. The normalized spacial score (nSPS) is 10.7. The van der Waals surface area contributed by atoms with E-state index in [-0.39, 0.29) is 11.8 Å². The van der Waals surface area contributed by atoms with Gasteiger partial charge in [0.1, 0.15) is 10.8 Å². The second-order valence-corrected chi connectivity index (χ2v) is 7.03. The van der Waals surface area contributed by atoms with Crippen LogP contribution in [0, 0.1) is 5.92 Å². The van der Waals surface area contributed by atoms with Gasteiger partial charge in [0.05, 0.1) is 6.61 Å². The lowest BCUT2D eigenvalue weighted by Crippen LogP contribution is -2.17. The number of para-hydroxylation sites is 1. The lowest BCUT2D eigenvalue weighted by Gasteiger charge is -2.04. The maximum atomic E-state index is 11.6. The third-order valence-corrected chi connectivity index (χ3v) is 4.64. The molecule has 0 aliphatic heterocycles. The SMILES string of the molecule is CC(C)C(=O)Nc1nnc(CSCCOc2ccccc2)s1. The van der Waals surface area contributed by atoms with Crippen molar-refractivity contribution >= 4 is 34.1 Å². The van der Waals surface area contributed by atoms with Gasteiger partial charge in [0, 0.05) is 17.4 Å². The van der Waals surface area contributed by atoms with E-state index in [9.17, 15) is 4.79 Å². The van der Waals surface area contributed by atoms with E-state index >= 15 is 0 Å². The van der Waals surface area contributed by atoms with E-state index in [1.54, 1.807) is 11.8 Å². The fraction of sp³-hybridized carbons (Fsp3) is 0.400. The van der Waals surface area contributed by atoms with Gasteiger partial charge in [0.2, 0.25) is 11.0 Å². The first-order valence-electron chi connectivity index (χ1n) is 7.04. The molecule has 2 aromatic rings. The average Bonchev–Trinajstić information content (AvgIpc) is 2.95. The second kappa shape index (κ2) is 8.75. The zero-order valence-electron chi connectivity index (χ0n) is 12.6. The Morgan fingerprint density at radius 1 is 1.32 bits per heavy atom. The molecule has 118 valence electrons. The first-order valence-corrected chi connectivity index (χ1v) is 9.01. The molecule has 5 nitrogen and oxygen atoms in total. The van der Waals surface area contributed by atoms with E-state index in [0.29, 0.717) is 11.7 Å². The van der Waals surface area contributed by atoms with E-state index in [2.05, 4.69) is 15.5 Å². The van der Waals surface area contributed by atoms with Crippen molar-refractivity contribution in [1.29, 1.82) is 0 Å². The van der Waals surface area contributed by atoms with Crippen LogP contribution in [0.1, 0.15) is 18.9 Å². The summed E-state index contributed by atoms with van der Waals surface area (Å²) < 4.78 is 5.62. The molecule has 1 heterocycles. The van der Waals surface area contributed by atoms with E-state index in [0.717, 1.165) is 22.3 Å². The number of carbonyl (C=O) groups is 1. The number of hydrogen-bond acceptors (Lipinski definition) is 6. The van der Waals surface area contributed by atoms with Gasteiger partial charge in [0.15, 0.2) is 0 Å². The molecule has 1 N–H and O–H groups in total. The first-order chi connectivity index (χ1) is 10.6. The smallest absolute Gasteiger partial charge is 0.228 e. The number of amides is 1. The van der Waals surface area contributed by atoms with Crippen LogP contribution in [0.4, 0.5) is 5.13 Å². The van der Waals surface area contributed by atoms with E-state index in [1.165, 1.54) is 11.3 Å². The van der Waals surface area contributed by atoms with Crippen LogP contribution in [0.25, 0.3) is 0 Å². The Hall–Kier alpha value is -1.60. The van der Waals surface area contributed by atoms with Gasteiger partial charge >= 0.3 is 0 Å². The number of rotatable bonds is 8. The third kappa shape index (κ3) is 5.65. The largest absolute Gasteiger partial charge is 0.493 e. The highest BCUT2D eigenvalue weighted by molar-refractivity contribution is 7.98. The summed E-state index contributed by atoms with van der Waals surface area (Å²) in [5.74, 6) is 2.44.